The van der Waals surface area contributed by atoms with Crippen LogP contribution in [0.25, 0.3) is 0 Å². The maximum atomic E-state index is 12.2. The summed E-state index contributed by atoms with van der Waals surface area (Å²) in [6, 6.07) is 19.4. The van der Waals surface area contributed by atoms with Crippen LogP contribution >= 0.6 is 0 Å². The Balaban J connectivity index is 1.85. The predicted octanol–water partition coefficient (Wildman–Crippen LogP) is 4.58. The van der Waals surface area contributed by atoms with Crippen LogP contribution in [-0.2, 0) is 6.42 Å². The van der Waals surface area contributed by atoms with Crippen molar-refractivity contribution in [2.45, 2.75) is 39.0 Å². The zero-order chi connectivity index (χ0) is 19.2. The van der Waals surface area contributed by atoms with E-state index in [9.17, 15) is 4.79 Å². The van der Waals surface area contributed by atoms with Crippen molar-refractivity contribution in [1.82, 2.24) is 10.6 Å². The van der Waals surface area contributed by atoms with Crippen molar-refractivity contribution in [2.24, 2.45) is 4.99 Å². The van der Waals surface area contributed by atoms with Crippen LogP contribution in [0.1, 0.15) is 38.2 Å². The molecule has 0 aliphatic heterocycles. The van der Waals surface area contributed by atoms with Gasteiger partial charge in [-0.3, -0.25) is 10.3 Å². The number of carbonyl (C=O) groups is 1. The van der Waals surface area contributed by atoms with Crippen molar-refractivity contribution in [3.05, 3.63) is 66.2 Å². The summed E-state index contributed by atoms with van der Waals surface area (Å²) < 4.78 is 0. The fraction of sp³-hybridized carbons (Fsp3) is 0.364. The van der Waals surface area contributed by atoms with Gasteiger partial charge in [0.25, 0.3) is 0 Å². The summed E-state index contributed by atoms with van der Waals surface area (Å²) in [6.07, 6.45) is 5.47. The summed E-state index contributed by atoms with van der Waals surface area (Å²) in [6.45, 7) is 3.61. The number of aliphatic imine (C=N–C) groups is 1. The molecular formula is C22H30N4O. The van der Waals surface area contributed by atoms with Gasteiger partial charge < -0.3 is 10.6 Å². The van der Waals surface area contributed by atoms with E-state index in [1.54, 1.807) is 0 Å². The monoisotopic (exact) mass is 366 g/mol. The first-order valence-corrected chi connectivity index (χ1v) is 9.73. The minimum Gasteiger partial charge on any atom is -0.356 e. The number of hydrogen-bond acceptors (Lipinski definition) is 2. The Morgan fingerprint density at radius 2 is 1.63 bits per heavy atom. The lowest BCUT2D eigenvalue weighted by molar-refractivity contribution is 0.256. The Labute approximate surface area is 162 Å². The van der Waals surface area contributed by atoms with Crippen LogP contribution < -0.4 is 16.0 Å². The first kappa shape index (κ1) is 20.5. The highest BCUT2D eigenvalue weighted by atomic mass is 16.2. The van der Waals surface area contributed by atoms with Gasteiger partial charge in [0.1, 0.15) is 0 Å². The van der Waals surface area contributed by atoms with E-state index in [1.165, 1.54) is 18.4 Å². The number of amides is 2. The van der Waals surface area contributed by atoms with Gasteiger partial charge in [0.2, 0.25) is 0 Å². The third-order valence-electron chi connectivity index (χ3n) is 4.09. The van der Waals surface area contributed by atoms with Gasteiger partial charge in [0, 0.05) is 18.8 Å². The second-order valence-electron chi connectivity index (χ2n) is 6.40. The quantitative estimate of drug-likeness (QED) is 0.346. The third kappa shape index (κ3) is 8.90. The maximum Gasteiger partial charge on any atom is 0.325 e. The number of benzene rings is 2. The Morgan fingerprint density at radius 3 is 2.33 bits per heavy atom. The average molecular weight is 367 g/mol. The van der Waals surface area contributed by atoms with Crippen molar-refractivity contribution < 1.29 is 4.79 Å². The van der Waals surface area contributed by atoms with Crippen molar-refractivity contribution in [3.8, 4) is 0 Å². The fourth-order valence-electron chi connectivity index (χ4n) is 2.63. The average Bonchev–Trinajstić information content (AvgIpc) is 2.69. The summed E-state index contributed by atoms with van der Waals surface area (Å²) in [5, 5.41) is 8.91. The number of nitrogens with one attached hydrogen (secondary N) is 3. The van der Waals surface area contributed by atoms with Gasteiger partial charge in [0.05, 0.1) is 0 Å². The van der Waals surface area contributed by atoms with E-state index in [2.05, 4.69) is 40.0 Å². The number of urea groups is 1. The summed E-state index contributed by atoms with van der Waals surface area (Å²) in [5.74, 6) is 0.524. The lowest BCUT2D eigenvalue weighted by atomic mass is 10.1. The van der Waals surface area contributed by atoms with E-state index in [1.807, 2.05) is 48.5 Å². The zero-order valence-corrected chi connectivity index (χ0v) is 16.1. The molecule has 0 unspecified atom stereocenters. The predicted molar refractivity (Wildman–Crippen MR) is 113 cm³/mol. The molecule has 0 spiro atoms. The highest BCUT2D eigenvalue weighted by Crippen LogP contribution is 2.04. The second kappa shape index (κ2) is 12.5. The number of anilines is 1. The maximum absolute atomic E-state index is 12.2. The van der Waals surface area contributed by atoms with E-state index < -0.39 is 0 Å². The molecule has 144 valence electrons. The molecule has 0 aromatic heterocycles. The molecule has 0 bridgehead atoms. The molecule has 0 saturated carbocycles. The summed E-state index contributed by atoms with van der Waals surface area (Å²) >= 11 is 0. The number of rotatable bonds is 9. The van der Waals surface area contributed by atoms with Crippen molar-refractivity contribution in [2.75, 3.05) is 18.4 Å². The molecule has 0 aliphatic carbocycles. The standard InChI is InChI=1S/C22H30N4O/c1-2-3-4-11-17-23-21(24-18-16-19-12-7-5-8-13-19)26-22(27)25-20-14-9-6-10-15-20/h5-10,12-15H,2-4,11,16-18H2,1H3,(H3,23,24,25,26,27). The molecule has 27 heavy (non-hydrogen) atoms. The molecule has 0 heterocycles. The molecule has 0 aliphatic rings. The number of guanidine groups is 1. The molecule has 2 aromatic carbocycles. The van der Waals surface area contributed by atoms with E-state index >= 15 is 0 Å². The number of nitrogens with zero attached hydrogens (tertiary/aromatic N) is 1. The van der Waals surface area contributed by atoms with Gasteiger partial charge in [-0.05, 0) is 30.5 Å². The first-order valence-electron chi connectivity index (χ1n) is 9.73. The van der Waals surface area contributed by atoms with Crippen LogP contribution in [0.2, 0.25) is 0 Å². The molecule has 0 radical (unpaired) electrons. The molecule has 0 fully saturated rings. The number of para-hydroxylation sites is 1. The Bertz CT molecular complexity index is 686. The van der Waals surface area contributed by atoms with Crippen molar-refractivity contribution in [1.29, 1.82) is 0 Å². The van der Waals surface area contributed by atoms with Crippen LogP contribution in [0.5, 0.6) is 0 Å². The zero-order valence-electron chi connectivity index (χ0n) is 16.1. The second-order valence-corrected chi connectivity index (χ2v) is 6.40. The van der Waals surface area contributed by atoms with Crippen LogP contribution in [0, 0.1) is 0 Å². The highest BCUT2D eigenvalue weighted by molar-refractivity contribution is 6.02. The van der Waals surface area contributed by atoms with Gasteiger partial charge >= 0.3 is 6.03 Å². The van der Waals surface area contributed by atoms with E-state index in [-0.39, 0.29) is 6.03 Å². The first-order chi connectivity index (χ1) is 13.3. The Morgan fingerprint density at radius 1 is 0.926 bits per heavy atom. The van der Waals surface area contributed by atoms with Gasteiger partial charge in [-0.2, -0.15) is 0 Å². The minimum absolute atomic E-state index is 0.291. The molecule has 2 amide bonds. The Hall–Kier alpha value is -2.82. The fourth-order valence-corrected chi connectivity index (χ4v) is 2.63. The summed E-state index contributed by atoms with van der Waals surface area (Å²) in [4.78, 5) is 16.8. The minimum atomic E-state index is -0.291. The highest BCUT2D eigenvalue weighted by Gasteiger charge is 2.06. The molecule has 2 rings (SSSR count). The van der Waals surface area contributed by atoms with Crippen molar-refractivity contribution >= 4 is 17.7 Å². The van der Waals surface area contributed by atoms with Crippen LogP contribution in [-0.4, -0.2) is 25.1 Å². The van der Waals surface area contributed by atoms with Crippen LogP contribution in [0.4, 0.5) is 10.5 Å². The van der Waals surface area contributed by atoms with Crippen molar-refractivity contribution in [3.63, 3.8) is 0 Å². The van der Waals surface area contributed by atoms with Gasteiger partial charge in [0.15, 0.2) is 5.96 Å². The number of unbranched alkanes of at least 4 members (excludes halogenated alkanes) is 3. The molecule has 5 heteroatoms. The molecule has 2 aromatic rings. The smallest absolute Gasteiger partial charge is 0.325 e. The van der Waals surface area contributed by atoms with Crippen LogP contribution in [0.15, 0.2) is 65.7 Å². The Kier molecular flexibility index (Phi) is 9.50. The SMILES string of the molecule is CCCCCCN=C(NCCc1ccccc1)NC(=O)Nc1ccccc1. The summed E-state index contributed by atoms with van der Waals surface area (Å²) in [5.41, 5.74) is 2.00. The molecule has 0 atom stereocenters. The molecule has 0 saturated heterocycles. The lowest BCUT2D eigenvalue weighted by Crippen LogP contribution is -2.44. The molecule has 3 N–H and O–H groups in total. The van der Waals surface area contributed by atoms with E-state index in [4.69, 9.17) is 0 Å². The van der Waals surface area contributed by atoms with E-state index in [0.717, 1.165) is 24.9 Å². The number of carbonyl (C=O) groups excluding carboxylic acids is 1. The summed E-state index contributed by atoms with van der Waals surface area (Å²) in [7, 11) is 0. The topological polar surface area (TPSA) is 65.5 Å². The lowest BCUT2D eigenvalue weighted by Gasteiger charge is -2.13. The largest absolute Gasteiger partial charge is 0.356 e. The molecule has 5 nitrogen and oxygen atoms in total. The normalized spacial score (nSPS) is 11.1. The molecular weight excluding hydrogens is 336 g/mol. The van der Waals surface area contributed by atoms with Gasteiger partial charge in [-0.1, -0.05) is 74.7 Å². The number of hydrogen-bond donors (Lipinski definition) is 3. The van der Waals surface area contributed by atoms with Gasteiger partial charge in [-0.15, -0.1) is 0 Å². The van der Waals surface area contributed by atoms with Gasteiger partial charge in [-0.25, -0.2) is 4.79 Å². The third-order valence-corrected chi connectivity index (χ3v) is 4.09. The van der Waals surface area contributed by atoms with Crippen LogP contribution in [0.3, 0.4) is 0 Å². The van der Waals surface area contributed by atoms with E-state index in [0.29, 0.717) is 19.0 Å².